The summed E-state index contributed by atoms with van der Waals surface area (Å²) in [5.41, 5.74) is 0. The third kappa shape index (κ3) is 3.04. The summed E-state index contributed by atoms with van der Waals surface area (Å²) in [6.07, 6.45) is 1.87. The molecule has 0 N–H and O–H groups in total. The highest BCUT2D eigenvalue weighted by atomic mass is 35.5. The Morgan fingerprint density at radius 1 is 1.35 bits per heavy atom. The molecule has 1 unspecified atom stereocenters. The molecular formula is C11H11Cl2F2NS. The van der Waals surface area contributed by atoms with Gasteiger partial charge in [0.25, 0.3) is 5.92 Å². The standard InChI is InChI=1S/C11H11Cl2F2NS/c12-10(13)7-8(4-5-11(10,14)15)17-9-3-1-2-6-16-9/h1-3,6,8H,4-5,7H2. The predicted octanol–water partition coefficient (Wildman–Crippen LogP) is 4.54. The Hall–Kier alpha value is -0.0600. The Labute approximate surface area is 113 Å². The zero-order valence-corrected chi connectivity index (χ0v) is 11.2. The summed E-state index contributed by atoms with van der Waals surface area (Å²) in [6, 6.07) is 5.52. The Kier molecular flexibility index (Phi) is 3.86. The maximum Gasteiger partial charge on any atom is 0.280 e. The first-order chi connectivity index (χ1) is 7.91. The van der Waals surface area contributed by atoms with E-state index < -0.39 is 10.3 Å². The topological polar surface area (TPSA) is 12.9 Å². The van der Waals surface area contributed by atoms with Crippen LogP contribution in [0, 0.1) is 0 Å². The average Bonchev–Trinajstić information content (AvgIpc) is 2.25. The molecule has 1 atom stereocenters. The van der Waals surface area contributed by atoms with Crippen molar-refractivity contribution in [1.29, 1.82) is 0 Å². The molecule has 1 nitrogen and oxygen atoms in total. The molecule has 1 aromatic heterocycles. The number of nitrogens with zero attached hydrogens (tertiary/aromatic N) is 1. The van der Waals surface area contributed by atoms with Gasteiger partial charge in [-0.2, -0.15) is 0 Å². The molecule has 0 aliphatic heterocycles. The highest BCUT2D eigenvalue weighted by Crippen LogP contribution is 2.52. The Bertz CT molecular complexity index is 386. The molecule has 1 fully saturated rings. The van der Waals surface area contributed by atoms with Gasteiger partial charge < -0.3 is 0 Å². The smallest absolute Gasteiger partial charge is 0.250 e. The van der Waals surface area contributed by atoms with E-state index in [1.54, 1.807) is 6.20 Å². The van der Waals surface area contributed by atoms with Crippen LogP contribution in [-0.2, 0) is 0 Å². The van der Waals surface area contributed by atoms with Crippen molar-refractivity contribution >= 4 is 35.0 Å². The van der Waals surface area contributed by atoms with Gasteiger partial charge in [-0.25, -0.2) is 13.8 Å². The van der Waals surface area contributed by atoms with Crippen LogP contribution < -0.4 is 0 Å². The molecule has 1 saturated carbocycles. The van der Waals surface area contributed by atoms with E-state index in [1.807, 2.05) is 18.2 Å². The average molecular weight is 298 g/mol. The fourth-order valence-corrected chi connectivity index (χ4v) is 3.68. The van der Waals surface area contributed by atoms with E-state index in [2.05, 4.69) is 4.98 Å². The minimum absolute atomic E-state index is 0.0143. The number of halogens is 4. The van der Waals surface area contributed by atoms with E-state index >= 15 is 0 Å². The molecule has 0 spiro atoms. The van der Waals surface area contributed by atoms with Crippen LogP contribution in [-0.4, -0.2) is 20.5 Å². The predicted molar refractivity (Wildman–Crippen MR) is 67.1 cm³/mol. The lowest BCUT2D eigenvalue weighted by Gasteiger charge is -2.37. The van der Waals surface area contributed by atoms with Gasteiger partial charge in [0.15, 0.2) is 4.33 Å². The molecule has 6 heteroatoms. The first-order valence-electron chi connectivity index (χ1n) is 5.24. The fraction of sp³-hybridized carbons (Fsp3) is 0.545. The van der Waals surface area contributed by atoms with Crippen LogP contribution in [0.25, 0.3) is 0 Å². The minimum Gasteiger partial charge on any atom is -0.250 e. The number of rotatable bonds is 2. The fourth-order valence-electron chi connectivity index (χ4n) is 1.75. The van der Waals surface area contributed by atoms with Gasteiger partial charge in [-0.05, 0) is 25.0 Å². The number of hydrogen-bond acceptors (Lipinski definition) is 2. The summed E-state index contributed by atoms with van der Waals surface area (Å²) in [6.45, 7) is 0. The molecule has 2 rings (SSSR count). The van der Waals surface area contributed by atoms with Gasteiger partial charge in [0, 0.05) is 17.9 Å². The van der Waals surface area contributed by atoms with Crippen LogP contribution in [0.15, 0.2) is 29.4 Å². The SMILES string of the molecule is FC1(F)CCC(Sc2ccccn2)CC1(Cl)Cl. The molecule has 0 amide bonds. The normalized spacial score (nSPS) is 26.7. The van der Waals surface area contributed by atoms with Crippen molar-refractivity contribution < 1.29 is 8.78 Å². The van der Waals surface area contributed by atoms with Crippen LogP contribution in [0.5, 0.6) is 0 Å². The number of pyridine rings is 1. The van der Waals surface area contributed by atoms with Crippen LogP contribution in [0.1, 0.15) is 19.3 Å². The number of aromatic nitrogens is 1. The zero-order valence-electron chi connectivity index (χ0n) is 8.88. The molecule has 1 heterocycles. The highest BCUT2D eigenvalue weighted by Gasteiger charge is 2.55. The van der Waals surface area contributed by atoms with Gasteiger partial charge in [0.1, 0.15) is 0 Å². The summed E-state index contributed by atoms with van der Waals surface area (Å²) in [4.78, 5) is 4.15. The van der Waals surface area contributed by atoms with Crippen LogP contribution >= 0.6 is 35.0 Å². The zero-order chi connectivity index (χ0) is 12.5. The quantitative estimate of drug-likeness (QED) is 0.744. The third-order valence-corrected chi connectivity index (χ3v) is 4.80. The number of alkyl halides is 4. The summed E-state index contributed by atoms with van der Waals surface area (Å²) in [7, 11) is 0. The largest absolute Gasteiger partial charge is 0.280 e. The molecule has 94 valence electrons. The molecule has 0 saturated heterocycles. The van der Waals surface area contributed by atoms with E-state index in [0.717, 1.165) is 5.03 Å². The van der Waals surface area contributed by atoms with E-state index in [4.69, 9.17) is 23.2 Å². The Morgan fingerprint density at radius 3 is 2.71 bits per heavy atom. The van der Waals surface area contributed by atoms with E-state index in [9.17, 15) is 8.78 Å². The van der Waals surface area contributed by atoms with Crippen LogP contribution in [0.3, 0.4) is 0 Å². The molecule has 1 aliphatic rings. The molecule has 17 heavy (non-hydrogen) atoms. The number of thioether (sulfide) groups is 1. The van der Waals surface area contributed by atoms with Crippen LogP contribution in [0.2, 0.25) is 0 Å². The lowest BCUT2D eigenvalue weighted by atomic mass is 9.95. The lowest BCUT2D eigenvalue weighted by molar-refractivity contribution is -0.0416. The van der Waals surface area contributed by atoms with Gasteiger partial charge in [-0.3, -0.25) is 0 Å². The summed E-state index contributed by atoms with van der Waals surface area (Å²) in [5.74, 6) is -3.00. The molecule has 1 aromatic rings. The van der Waals surface area contributed by atoms with Crippen molar-refractivity contribution in [2.45, 2.75) is 39.8 Å². The second-order valence-corrected chi connectivity index (χ2v) is 6.86. The Balaban J connectivity index is 2.02. The van der Waals surface area contributed by atoms with Crippen molar-refractivity contribution in [2.75, 3.05) is 0 Å². The van der Waals surface area contributed by atoms with Crippen molar-refractivity contribution in [2.24, 2.45) is 0 Å². The maximum atomic E-state index is 13.4. The second kappa shape index (κ2) is 4.90. The third-order valence-electron chi connectivity index (χ3n) is 2.72. The van der Waals surface area contributed by atoms with Gasteiger partial charge in [0.2, 0.25) is 0 Å². The summed E-state index contributed by atoms with van der Waals surface area (Å²) < 4.78 is 24.9. The highest BCUT2D eigenvalue weighted by molar-refractivity contribution is 7.99. The van der Waals surface area contributed by atoms with Crippen molar-refractivity contribution in [1.82, 2.24) is 4.98 Å². The lowest BCUT2D eigenvalue weighted by Crippen LogP contribution is -2.45. The summed E-state index contributed by atoms with van der Waals surface area (Å²) in [5, 5.41) is 0.798. The second-order valence-electron chi connectivity index (χ2n) is 4.06. The van der Waals surface area contributed by atoms with E-state index in [1.165, 1.54) is 11.8 Å². The molecule has 1 aliphatic carbocycles. The van der Waals surface area contributed by atoms with Crippen molar-refractivity contribution in [3.63, 3.8) is 0 Å². The van der Waals surface area contributed by atoms with E-state index in [0.29, 0.717) is 6.42 Å². The van der Waals surface area contributed by atoms with E-state index in [-0.39, 0.29) is 18.1 Å². The first kappa shape index (κ1) is 13.4. The molecular weight excluding hydrogens is 287 g/mol. The van der Waals surface area contributed by atoms with Gasteiger partial charge in [-0.1, -0.05) is 29.3 Å². The molecule has 0 aromatic carbocycles. The summed E-state index contributed by atoms with van der Waals surface area (Å²) >= 11 is 12.9. The first-order valence-corrected chi connectivity index (χ1v) is 6.88. The van der Waals surface area contributed by atoms with Gasteiger partial charge in [-0.15, -0.1) is 11.8 Å². The monoisotopic (exact) mass is 297 g/mol. The van der Waals surface area contributed by atoms with Gasteiger partial charge >= 0.3 is 0 Å². The van der Waals surface area contributed by atoms with Gasteiger partial charge in [0.05, 0.1) is 5.03 Å². The maximum absolute atomic E-state index is 13.4. The Morgan fingerprint density at radius 2 is 2.12 bits per heavy atom. The van der Waals surface area contributed by atoms with Crippen molar-refractivity contribution in [3.8, 4) is 0 Å². The number of hydrogen-bond donors (Lipinski definition) is 0. The van der Waals surface area contributed by atoms with Crippen molar-refractivity contribution in [3.05, 3.63) is 24.4 Å². The minimum atomic E-state index is -3.00. The molecule has 0 bridgehead atoms. The van der Waals surface area contributed by atoms with Crippen LogP contribution in [0.4, 0.5) is 8.78 Å². The molecule has 0 radical (unpaired) electrons.